The van der Waals surface area contributed by atoms with Gasteiger partial charge in [0.1, 0.15) is 0 Å². The molecule has 106 valence electrons. The van der Waals surface area contributed by atoms with Gasteiger partial charge in [0.05, 0.1) is 5.75 Å². The average molecular weight is 302 g/mol. The van der Waals surface area contributed by atoms with Gasteiger partial charge in [0.15, 0.2) is 0 Å². The van der Waals surface area contributed by atoms with Gasteiger partial charge in [-0.3, -0.25) is 4.79 Å². The van der Waals surface area contributed by atoms with Crippen molar-refractivity contribution in [1.82, 2.24) is 5.32 Å². The van der Waals surface area contributed by atoms with E-state index in [9.17, 15) is 4.79 Å². The van der Waals surface area contributed by atoms with Crippen molar-refractivity contribution in [3.63, 3.8) is 0 Å². The van der Waals surface area contributed by atoms with Gasteiger partial charge in [0.25, 0.3) is 0 Å². The molecule has 0 spiro atoms. The van der Waals surface area contributed by atoms with Gasteiger partial charge < -0.3 is 10.4 Å². The zero-order chi connectivity index (χ0) is 14.3. The van der Waals surface area contributed by atoms with Crippen LogP contribution in [0.4, 0.5) is 0 Å². The van der Waals surface area contributed by atoms with Crippen LogP contribution < -0.4 is 5.32 Å². The molecule has 5 heteroatoms. The molecule has 0 aliphatic carbocycles. The second-order valence-electron chi connectivity index (χ2n) is 4.67. The summed E-state index contributed by atoms with van der Waals surface area (Å²) in [5.74, 6) is 0.680. The maximum absolute atomic E-state index is 11.8. The van der Waals surface area contributed by atoms with Crippen LogP contribution in [0.3, 0.4) is 0 Å². The average Bonchev–Trinajstić information content (AvgIpc) is 2.37. The monoisotopic (exact) mass is 301 g/mol. The summed E-state index contributed by atoms with van der Waals surface area (Å²) in [7, 11) is 0. The minimum atomic E-state index is -0.00731. The van der Waals surface area contributed by atoms with Crippen LogP contribution in [-0.4, -0.2) is 29.4 Å². The van der Waals surface area contributed by atoms with E-state index in [2.05, 4.69) is 5.32 Å². The van der Waals surface area contributed by atoms with E-state index in [-0.39, 0.29) is 18.6 Å². The molecule has 0 radical (unpaired) electrons. The summed E-state index contributed by atoms with van der Waals surface area (Å²) < 4.78 is 0. The normalized spacial score (nSPS) is 12.5. The molecule has 0 aliphatic heterocycles. The Morgan fingerprint density at radius 2 is 2.00 bits per heavy atom. The lowest BCUT2D eigenvalue weighted by Crippen LogP contribution is -2.40. The molecule has 1 rings (SSSR count). The minimum absolute atomic E-state index is 0.00731. The topological polar surface area (TPSA) is 49.3 Å². The first-order chi connectivity index (χ1) is 9.02. The number of hydrogen-bond donors (Lipinski definition) is 2. The van der Waals surface area contributed by atoms with Crippen LogP contribution in [0.1, 0.15) is 20.3 Å². The van der Waals surface area contributed by atoms with E-state index in [1.807, 2.05) is 38.1 Å². The highest BCUT2D eigenvalue weighted by Crippen LogP contribution is 2.20. The van der Waals surface area contributed by atoms with Crippen molar-refractivity contribution in [3.8, 4) is 0 Å². The summed E-state index contributed by atoms with van der Waals surface area (Å²) in [5.41, 5.74) is 0. The maximum atomic E-state index is 11.8. The van der Waals surface area contributed by atoms with Crippen LogP contribution in [0.25, 0.3) is 0 Å². The molecule has 0 aromatic heterocycles. The highest BCUT2D eigenvalue weighted by atomic mass is 35.5. The lowest BCUT2D eigenvalue weighted by atomic mass is 10.0. The van der Waals surface area contributed by atoms with Crippen molar-refractivity contribution in [2.45, 2.75) is 31.2 Å². The third-order valence-electron chi connectivity index (χ3n) is 2.77. The van der Waals surface area contributed by atoms with E-state index in [1.165, 1.54) is 11.8 Å². The molecular formula is C14H20ClNO2S. The number of carbonyl (C=O) groups is 1. The molecular weight excluding hydrogens is 282 g/mol. The Labute approximate surface area is 123 Å². The summed E-state index contributed by atoms with van der Waals surface area (Å²) in [6, 6.07) is 7.44. The third kappa shape index (κ3) is 6.32. The molecule has 0 aliphatic rings. The number of aliphatic hydroxyl groups is 1. The number of rotatable bonds is 7. The first-order valence-corrected chi connectivity index (χ1v) is 7.68. The standard InChI is InChI=1S/C14H20ClNO2S/c1-10(2)13(7-8-17)16-14(18)9-19-12-5-3-11(15)4-6-12/h3-6,10,13,17H,7-9H2,1-2H3,(H,16,18). The first kappa shape index (κ1) is 16.3. The molecule has 0 fully saturated rings. The maximum Gasteiger partial charge on any atom is 0.230 e. The Hall–Kier alpha value is -0.710. The van der Waals surface area contributed by atoms with E-state index in [0.29, 0.717) is 23.1 Å². The molecule has 2 N–H and O–H groups in total. The van der Waals surface area contributed by atoms with Crippen molar-refractivity contribution < 1.29 is 9.90 Å². The molecule has 1 unspecified atom stereocenters. The highest BCUT2D eigenvalue weighted by Gasteiger charge is 2.15. The van der Waals surface area contributed by atoms with E-state index in [4.69, 9.17) is 16.7 Å². The molecule has 1 aromatic carbocycles. The highest BCUT2D eigenvalue weighted by molar-refractivity contribution is 8.00. The Kier molecular flexibility index (Phi) is 7.28. The van der Waals surface area contributed by atoms with Gasteiger partial charge in [0.2, 0.25) is 5.91 Å². The second kappa shape index (κ2) is 8.46. The fraction of sp³-hybridized carbons (Fsp3) is 0.500. The number of hydrogen-bond acceptors (Lipinski definition) is 3. The fourth-order valence-electron chi connectivity index (χ4n) is 1.64. The number of thioether (sulfide) groups is 1. The predicted octanol–water partition coefficient (Wildman–Crippen LogP) is 2.96. The minimum Gasteiger partial charge on any atom is -0.396 e. The molecule has 0 saturated carbocycles. The Morgan fingerprint density at radius 3 is 2.53 bits per heavy atom. The van der Waals surface area contributed by atoms with Crippen LogP contribution >= 0.6 is 23.4 Å². The number of carbonyl (C=O) groups excluding carboxylic acids is 1. The van der Waals surface area contributed by atoms with Gasteiger partial charge in [-0.2, -0.15) is 0 Å². The largest absolute Gasteiger partial charge is 0.396 e. The molecule has 1 amide bonds. The Bertz CT molecular complexity index is 395. The molecule has 0 saturated heterocycles. The summed E-state index contributed by atoms with van der Waals surface area (Å²) in [5, 5.41) is 12.6. The van der Waals surface area contributed by atoms with Crippen molar-refractivity contribution >= 4 is 29.3 Å². The number of nitrogens with one attached hydrogen (secondary N) is 1. The molecule has 1 aromatic rings. The number of benzene rings is 1. The smallest absolute Gasteiger partial charge is 0.230 e. The van der Waals surface area contributed by atoms with E-state index >= 15 is 0 Å². The number of aliphatic hydroxyl groups excluding tert-OH is 1. The van der Waals surface area contributed by atoms with Crippen molar-refractivity contribution in [1.29, 1.82) is 0 Å². The van der Waals surface area contributed by atoms with Crippen LogP contribution in [0.15, 0.2) is 29.2 Å². The van der Waals surface area contributed by atoms with E-state index < -0.39 is 0 Å². The molecule has 19 heavy (non-hydrogen) atoms. The van der Waals surface area contributed by atoms with Crippen molar-refractivity contribution in [3.05, 3.63) is 29.3 Å². The zero-order valence-corrected chi connectivity index (χ0v) is 12.8. The van der Waals surface area contributed by atoms with Crippen LogP contribution in [-0.2, 0) is 4.79 Å². The lowest BCUT2D eigenvalue weighted by Gasteiger charge is -2.21. The van der Waals surface area contributed by atoms with E-state index in [0.717, 1.165) is 4.90 Å². The Morgan fingerprint density at radius 1 is 1.37 bits per heavy atom. The van der Waals surface area contributed by atoms with E-state index in [1.54, 1.807) is 0 Å². The molecule has 0 heterocycles. The SMILES string of the molecule is CC(C)C(CCO)NC(=O)CSc1ccc(Cl)cc1. The number of amides is 1. The number of halogens is 1. The van der Waals surface area contributed by atoms with Crippen molar-refractivity contribution in [2.75, 3.05) is 12.4 Å². The first-order valence-electron chi connectivity index (χ1n) is 6.31. The zero-order valence-electron chi connectivity index (χ0n) is 11.2. The van der Waals surface area contributed by atoms with Gasteiger partial charge in [-0.05, 0) is 36.6 Å². The third-order valence-corrected chi connectivity index (χ3v) is 4.04. The second-order valence-corrected chi connectivity index (χ2v) is 6.16. The van der Waals surface area contributed by atoms with Gasteiger partial charge in [-0.25, -0.2) is 0 Å². The molecule has 0 bridgehead atoms. The van der Waals surface area contributed by atoms with Gasteiger partial charge >= 0.3 is 0 Å². The fourth-order valence-corrected chi connectivity index (χ4v) is 2.48. The Balaban J connectivity index is 2.40. The summed E-state index contributed by atoms with van der Waals surface area (Å²) in [4.78, 5) is 12.8. The lowest BCUT2D eigenvalue weighted by molar-refractivity contribution is -0.119. The summed E-state index contributed by atoms with van der Waals surface area (Å²) in [6.07, 6.45) is 0.592. The van der Waals surface area contributed by atoms with Gasteiger partial charge in [-0.1, -0.05) is 25.4 Å². The van der Waals surface area contributed by atoms with Crippen LogP contribution in [0.5, 0.6) is 0 Å². The van der Waals surface area contributed by atoms with Gasteiger partial charge in [0, 0.05) is 22.6 Å². The quantitative estimate of drug-likeness (QED) is 0.761. The summed E-state index contributed by atoms with van der Waals surface area (Å²) >= 11 is 7.28. The summed E-state index contributed by atoms with van der Waals surface area (Å²) in [6.45, 7) is 4.16. The van der Waals surface area contributed by atoms with Crippen LogP contribution in [0.2, 0.25) is 5.02 Å². The van der Waals surface area contributed by atoms with Crippen LogP contribution in [0, 0.1) is 5.92 Å². The predicted molar refractivity (Wildman–Crippen MR) is 80.6 cm³/mol. The van der Waals surface area contributed by atoms with Gasteiger partial charge in [-0.15, -0.1) is 11.8 Å². The molecule has 3 nitrogen and oxygen atoms in total. The van der Waals surface area contributed by atoms with Crippen molar-refractivity contribution in [2.24, 2.45) is 5.92 Å². The molecule has 1 atom stereocenters.